The van der Waals surface area contributed by atoms with Crippen LogP contribution in [0.1, 0.15) is 36.2 Å². The molecular weight excluding hydrogens is 400 g/mol. The van der Waals surface area contributed by atoms with Gasteiger partial charge in [0.05, 0.1) is 6.10 Å². The lowest BCUT2D eigenvalue weighted by Crippen LogP contribution is -2.36. The minimum absolute atomic E-state index is 0.160. The van der Waals surface area contributed by atoms with Crippen LogP contribution in [-0.2, 0) is 11.3 Å². The number of hydrogen-bond acceptors (Lipinski definition) is 6. The van der Waals surface area contributed by atoms with E-state index in [-0.39, 0.29) is 12.1 Å². The summed E-state index contributed by atoms with van der Waals surface area (Å²) in [5.74, 6) is 0.365. The third kappa shape index (κ3) is 5.14. The molecule has 0 bridgehead atoms. The first-order valence-corrected chi connectivity index (χ1v) is 11.1. The Morgan fingerprint density at radius 1 is 1.12 bits per heavy atom. The molecule has 0 saturated carbocycles. The summed E-state index contributed by atoms with van der Waals surface area (Å²) in [4.78, 5) is 25.8. The van der Waals surface area contributed by atoms with E-state index in [1.807, 2.05) is 33.2 Å². The second-order valence-electron chi connectivity index (χ2n) is 8.56. The van der Waals surface area contributed by atoms with Crippen molar-refractivity contribution in [1.29, 1.82) is 0 Å². The molecule has 1 aliphatic rings. The Morgan fingerprint density at radius 2 is 1.91 bits per heavy atom. The van der Waals surface area contributed by atoms with Crippen molar-refractivity contribution in [3.63, 3.8) is 0 Å². The lowest BCUT2D eigenvalue weighted by atomic mass is 10.1. The molecule has 0 radical (unpaired) electrons. The van der Waals surface area contributed by atoms with Gasteiger partial charge in [0.15, 0.2) is 0 Å². The maximum Gasteiger partial charge on any atom is 0.342 e. The standard InChI is InChI=1S/C26H30N4O2/c1-19(2)32-26(31)24-7-5-14-28-25(24)29(3)23-12-15-30(18-23)17-20-8-10-21(11-9-20)22-6-4-13-27-16-22/h4-11,13-14,16,19,23H,12,15,17-18H2,1-3H3. The van der Waals surface area contributed by atoms with Gasteiger partial charge in [-0.05, 0) is 55.2 Å². The van der Waals surface area contributed by atoms with E-state index < -0.39 is 0 Å². The Labute approximate surface area is 189 Å². The first kappa shape index (κ1) is 22.0. The van der Waals surface area contributed by atoms with E-state index in [4.69, 9.17) is 4.74 Å². The van der Waals surface area contributed by atoms with Crippen molar-refractivity contribution in [2.45, 2.75) is 39.0 Å². The Kier molecular flexibility index (Phi) is 6.81. The van der Waals surface area contributed by atoms with Crippen LogP contribution in [0.3, 0.4) is 0 Å². The van der Waals surface area contributed by atoms with E-state index in [2.05, 4.69) is 50.1 Å². The Hall–Kier alpha value is -3.25. The summed E-state index contributed by atoms with van der Waals surface area (Å²) < 4.78 is 5.41. The zero-order valence-corrected chi connectivity index (χ0v) is 18.9. The quantitative estimate of drug-likeness (QED) is 0.517. The maximum absolute atomic E-state index is 12.5. The van der Waals surface area contributed by atoms with Crippen molar-refractivity contribution in [2.75, 3.05) is 25.0 Å². The van der Waals surface area contributed by atoms with Crippen LogP contribution in [0.5, 0.6) is 0 Å². The number of esters is 1. The van der Waals surface area contributed by atoms with Crippen molar-refractivity contribution < 1.29 is 9.53 Å². The average molecular weight is 431 g/mol. The number of rotatable bonds is 7. The number of ether oxygens (including phenoxy) is 1. The smallest absolute Gasteiger partial charge is 0.342 e. The van der Waals surface area contributed by atoms with Crippen LogP contribution in [-0.4, -0.2) is 53.1 Å². The van der Waals surface area contributed by atoms with E-state index in [9.17, 15) is 4.79 Å². The van der Waals surface area contributed by atoms with Crippen molar-refractivity contribution in [1.82, 2.24) is 14.9 Å². The van der Waals surface area contributed by atoms with Crippen LogP contribution in [0.2, 0.25) is 0 Å². The van der Waals surface area contributed by atoms with Gasteiger partial charge in [0, 0.05) is 51.3 Å². The number of likely N-dealkylation sites (tertiary alicyclic amines) is 1. The third-order valence-corrected chi connectivity index (χ3v) is 5.83. The first-order valence-electron chi connectivity index (χ1n) is 11.1. The number of pyridine rings is 2. The number of nitrogens with zero attached hydrogens (tertiary/aromatic N) is 4. The number of carbonyl (C=O) groups excluding carboxylic acids is 1. The fraction of sp³-hybridized carbons (Fsp3) is 0.346. The molecule has 2 aromatic heterocycles. The molecule has 6 heteroatoms. The molecule has 1 unspecified atom stereocenters. The van der Waals surface area contributed by atoms with Gasteiger partial charge in [-0.25, -0.2) is 9.78 Å². The normalized spacial score (nSPS) is 16.3. The molecule has 0 spiro atoms. The Balaban J connectivity index is 1.39. The van der Waals surface area contributed by atoms with Gasteiger partial charge in [-0.3, -0.25) is 9.88 Å². The van der Waals surface area contributed by atoms with Crippen LogP contribution >= 0.6 is 0 Å². The van der Waals surface area contributed by atoms with E-state index in [0.29, 0.717) is 17.4 Å². The number of hydrogen-bond donors (Lipinski definition) is 0. The van der Waals surface area contributed by atoms with Crippen LogP contribution in [0.4, 0.5) is 5.82 Å². The summed E-state index contributed by atoms with van der Waals surface area (Å²) in [5, 5.41) is 0. The highest BCUT2D eigenvalue weighted by Gasteiger charge is 2.29. The molecule has 1 aromatic carbocycles. The van der Waals surface area contributed by atoms with Gasteiger partial charge in [0.2, 0.25) is 0 Å². The van der Waals surface area contributed by atoms with E-state index in [1.54, 1.807) is 24.5 Å². The zero-order chi connectivity index (χ0) is 22.5. The van der Waals surface area contributed by atoms with Gasteiger partial charge in [0.25, 0.3) is 0 Å². The number of carbonyl (C=O) groups is 1. The average Bonchev–Trinajstić information content (AvgIpc) is 3.27. The summed E-state index contributed by atoms with van der Waals surface area (Å²) in [6, 6.07) is 16.6. The predicted molar refractivity (Wildman–Crippen MR) is 127 cm³/mol. The van der Waals surface area contributed by atoms with Gasteiger partial charge in [-0.1, -0.05) is 30.3 Å². The zero-order valence-electron chi connectivity index (χ0n) is 18.9. The molecule has 1 fully saturated rings. The maximum atomic E-state index is 12.5. The summed E-state index contributed by atoms with van der Waals surface area (Å²) in [6.07, 6.45) is 6.28. The van der Waals surface area contributed by atoms with Gasteiger partial charge < -0.3 is 9.64 Å². The minimum atomic E-state index is -0.321. The van der Waals surface area contributed by atoms with Gasteiger partial charge >= 0.3 is 5.97 Å². The second-order valence-corrected chi connectivity index (χ2v) is 8.56. The van der Waals surface area contributed by atoms with E-state index in [0.717, 1.165) is 31.6 Å². The summed E-state index contributed by atoms with van der Waals surface area (Å²) in [5.41, 5.74) is 4.12. The number of benzene rings is 1. The molecule has 1 atom stereocenters. The number of aromatic nitrogens is 2. The molecule has 3 heterocycles. The number of anilines is 1. The lowest BCUT2D eigenvalue weighted by Gasteiger charge is -2.27. The fourth-order valence-electron chi connectivity index (χ4n) is 4.15. The van der Waals surface area contributed by atoms with Crippen LogP contribution in [0, 0.1) is 0 Å². The second kappa shape index (κ2) is 9.92. The largest absolute Gasteiger partial charge is 0.459 e. The Morgan fingerprint density at radius 3 is 2.62 bits per heavy atom. The molecule has 4 rings (SSSR count). The highest BCUT2D eigenvalue weighted by Crippen LogP contribution is 2.25. The molecule has 32 heavy (non-hydrogen) atoms. The molecule has 1 aliphatic heterocycles. The van der Waals surface area contributed by atoms with E-state index >= 15 is 0 Å². The molecule has 0 aliphatic carbocycles. The molecule has 0 amide bonds. The van der Waals surface area contributed by atoms with Crippen LogP contribution < -0.4 is 4.90 Å². The summed E-state index contributed by atoms with van der Waals surface area (Å²) in [6.45, 7) is 6.56. The molecule has 6 nitrogen and oxygen atoms in total. The summed E-state index contributed by atoms with van der Waals surface area (Å²) in [7, 11) is 2.02. The van der Waals surface area contributed by atoms with E-state index in [1.165, 1.54) is 11.1 Å². The molecule has 1 saturated heterocycles. The molecular formula is C26H30N4O2. The lowest BCUT2D eigenvalue weighted by molar-refractivity contribution is 0.0378. The highest BCUT2D eigenvalue weighted by molar-refractivity contribution is 5.94. The van der Waals surface area contributed by atoms with Crippen LogP contribution in [0.25, 0.3) is 11.1 Å². The molecule has 166 valence electrons. The SMILES string of the molecule is CC(C)OC(=O)c1cccnc1N(C)C1CCN(Cc2ccc(-c3cccnc3)cc2)C1. The Bertz CT molecular complexity index is 1040. The summed E-state index contributed by atoms with van der Waals surface area (Å²) >= 11 is 0. The topological polar surface area (TPSA) is 58.6 Å². The third-order valence-electron chi connectivity index (χ3n) is 5.83. The van der Waals surface area contributed by atoms with Gasteiger partial charge in [-0.15, -0.1) is 0 Å². The minimum Gasteiger partial charge on any atom is -0.459 e. The molecule has 3 aromatic rings. The van der Waals surface area contributed by atoms with Crippen molar-refractivity contribution in [3.05, 3.63) is 78.2 Å². The van der Waals surface area contributed by atoms with Crippen molar-refractivity contribution >= 4 is 11.8 Å². The number of likely N-dealkylation sites (N-methyl/N-ethyl adjacent to an activating group) is 1. The van der Waals surface area contributed by atoms with Crippen molar-refractivity contribution in [2.24, 2.45) is 0 Å². The van der Waals surface area contributed by atoms with Gasteiger partial charge in [-0.2, -0.15) is 0 Å². The monoisotopic (exact) mass is 430 g/mol. The fourth-order valence-corrected chi connectivity index (χ4v) is 4.15. The van der Waals surface area contributed by atoms with Crippen LogP contribution in [0.15, 0.2) is 67.1 Å². The highest BCUT2D eigenvalue weighted by atomic mass is 16.5. The first-order chi connectivity index (χ1) is 15.5. The predicted octanol–water partition coefficient (Wildman–Crippen LogP) is 4.42. The van der Waals surface area contributed by atoms with Crippen molar-refractivity contribution in [3.8, 4) is 11.1 Å². The van der Waals surface area contributed by atoms with Gasteiger partial charge in [0.1, 0.15) is 11.4 Å². The molecule has 0 N–H and O–H groups in total.